The number of ether oxygens (including phenoxy) is 2. The Bertz CT molecular complexity index is 425. The summed E-state index contributed by atoms with van der Waals surface area (Å²) >= 11 is 0. The van der Waals surface area contributed by atoms with Crippen molar-refractivity contribution in [2.75, 3.05) is 33.7 Å². The van der Waals surface area contributed by atoms with Crippen molar-refractivity contribution in [2.45, 2.75) is 12.1 Å². The zero-order valence-corrected chi connectivity index (χ0v) is 10.9. The van der Waals surface area contributed by atoms with Gasteiger partial charge in [-0.15, -0.1) is 0 Å². The Kier molecular flexibility index (Phi) is 4.26. The van der Waals surface area contributed by atoms with E-state index >= 15 is 0 Å². The molecule has 0 aliphatic carbocycles. The molecule has 1 atom stereocenters. The van der Waals surface area contributed by atoms with Gasteiger partial charge in [-0.05, 0) is 18.2 Å². The van der Waals surface area contributed by atoms with Crippen molar-refractivity contribution >= 4 is 0 Å². The zero-order chi connectivity index (χ0) is 13.9. The predicted molar refractivity (Wildman–Crippen MR) is 67.1 cm³/mol. The topological polar surface area (TPSA) is 83.6 Å². The molecule has 6 heteroatoms. The molecule has 1 unspecified atom stereocenters. The minimum Gasteiger partial charge on any atom is -0.497 e. The van der Waals surface area contributed by atoms with E-state index in [9.17, 15) is 15.3 Å². The Balaban J connectivity index is 2.25. The number of nitrogens with one attached hydrogen (secondary N) is 1. The van der Waals surface area contributed by atoms with Gasteiger partial charge in [-0.25, -0.2) is 0 Å². The Labute approximate surface area is 111 Å². The van der Waals surface area contributed by atoms with E-state index < -0.39 is 5.54 Å². The van der Waals surface area contributed by atoms with Crippen molar-refractivity contribution in [3.05, 3.63) is 23.8 Å². The van der Waals surface area contributed by atoms with Gasteiger partial charge in [0.1, 0.15) is 37.9 Å². The normalized spacial score (nSPS) is 18.6. The van der Waals surface area contributed by atoms with Crippen molar-refractivity contribution in [3.63, 3.8) is 0 Å². The third-order valence-electron chi connectivity index (χ3n) is 3.73. The van der Waals surface area contributed by atoms with Gasteiger partial charge < -0.3 is 24.8 Å². The third-order valence-corrected chi connectivity index (χ3v) is 3.73. The van der Waals surface area contributed by atoms with Crippen LogP contribution in [0.4, 0.5) is 0 Å². The number of hydrogen-bond donors (Lipinski definition) is 4. The van der Waals surface area contributed by atoms with Crippen LogP contribution in [0.5, 0.6) is 11.5 Å². The quantitative estimate of drug-likeness (QED) is 0.505. The molecule has 0 spiro atoms. The van der Waals surface area contributed by atoms with Crippen molar-refractivity contribution in [3.8, 4) is 11.5 Å². The summed E-state index contributed by atoms with van der Waals surface area (Å²) in [7, 11) is 1.59. The van der Waals surface area contributed by atoms with Crippen LogP contribution in [0.1, 0.15) is 5.56 Å². The summed E-state index contributed by atoms with van der Waals surface area (Å²) in [6.07, 6.45) is 0. The summed E-state index contributed by atoms with van der Waals surface area (Å²) in [5, 5.41) is 28.4. The van der Waals surface area contributed by atoms with E-state index in [4.69, 9.17) is 9.47 Å². The highest BCUT2D eigenvalue weighted by atomic mass is 16.5. The molecule has 0 aromatic heterocycles. The maximum absolute atomic E-state index is 9.46. The van der Waals surface area contributed by atoms with Crippen LogP contribution in [-0.2, 0) is 6.54 Å². The van der Waals surface area contributed by atoms with Gasteiger partial charge in [-0.3, -0.25) is 4.90 Å². The second-order valence-electron chi connectivity index (χ2n) is 4.80. The highest BCUT2D eigenvalue weighted by Crippen LogP contribution is 2.25. The average molecular weight is 270 g/mol. The molecule has 0 bridgehead atoms. The lowest BCUT2D eigenvalue weighted by Crippen LogP contribution is -3.22. The van der Waals surface area contributed by atoms with Crippen molar-refractivity contribution in [1.29, 1.82) is 0 Å². The SMILES string of the molecule is COc1ccc2c(c1)C[NH+](C(CO)(CO)CO)CO2. The smallest absolute Gasteiger partial charge is 0.223 e. The van der Waals surface area contributed by atoms with Gasteiger partial charge in [-0.1, -0.05) is 0 Å². The first kappa shape index (κ1) is 14.1. The van der Waals surface area contributed by atoms with E-state index in [1.807, 2.05) is 18.2 Å². The first-order valence-electron chi connectivity index (χ1n) is 6.16. The van der Waals surface area contributed by atoms with Crippen LogP contribution in [0.3, 0.4) is 0 Å². The van der Waals surface area contributed by atoms with Gasteiger partial charge in [0.2, 0.25) is 6.73 Å². The number of methoxy groups -OCH3 is 1. The van der Waals surface area contributed by atoms with Crippen LogP contribution in [0.25, 0.3) is 0 Å². The summed E-state index contributed by atoms with van der Waals surface area (Å²) in [5.41, 5.74) is -0.0684. The Morgan fingerprint density at radius 3 is 2.53 bits per heavy atom. The summed E-state index contributed by atoms with van der Waals surface area (Å²) in [5.74, 6) is 1.50. The van der Waals surface area contributed by atoms with Gasteiger partial charge in [0.05, 0.1) is 12.7 Å². The Morgan fingerprint density at radius 2 is 1.95 bits per heavy atom. The lowest BCUT2D eigenvalue weighted by molar-refractivity contribution is -0.983. The number of benzene rings is 1. The molecule has 0 radical (unpaired) electrons. The highest BCUT2D eigenvalue weighted by molar-refractivity contribution is 5.40. The second-order valence-corrected chi connectivity index (χ2v) is 4.80. The lowest BCUT2D eigenvalue weighted by Gasteiger charge is -2.39. The molecule has 0 amide bonds. The van der Waals surface area contributed by atoms with Crippen LogP contribution in [0, 0.1) is 0 Å². The zero-order valence-electron chi connectivity index (χ0n) is 10.9. The van der Waals surface area contributed by atoms with Crippen LogP contribution in [-0.4, -0.2) is 54.5 Å². The number of aliphatic hydroxyl groups excluding tert-OH is 3. The predicted octanol–water partition coefficient (Wildman–Crippen LogP) is -1.85. The van der Waals surface area contributed by atoms with E-state index in [0.29, 0.717) is 13.3 Å². The van der Waals surface area contributed by atoms with E-state index in [1.165, 1.54) is 0 Å². The molecule has 1 aliphatic heterocycles. The molecule has 19 heavy (non-hydrogen) atoms. The number of fused-ring (bicyclic) bond motifs is 1. The molecular formula is C13H20NO5+. The number of quaternary nitrogens is 1. The molecular weight excluding hydrogens is 250 g/mol. The Hall–Kier alpha value is -1.34. The fourth-order valence-corrected chi connectivity index (χ4v) is 2.23. The molecule has 0 saturated heterocycles. The third kappa shape index (κ3) is 2.52. The van der Waals surface area contributed by atoms with E-state index in [-0.39, 0.29) is 19.8 Å². The van der Waals surface area contributed by atoms with Crippen LogP contribution >= 0.6 is 0 Å². The van der Waals surface area contributed by atoms with E-state index in [2.05, 4.69) is 0 Å². The van der Waals surface area contributed by atoms with Crippen molar-refractivity contribution in [2.24, 2.45) is 0 Å². The first-order chi connectivity index (χ1) is 9.19. The van der Waals surface area contributed by atoms with Gasteiger partial charge in [0, 0.05) is 0 Å². The van der Waals surface area contributed by atoms with E-state index in [1.54, 1.807) is 7.11 Å². The van der Waals surface area contributed by atoms with E-state index in [0.717, 1.165) is 22.0 Å². The molecule has 106 valence electrons. The second kappa shape index (κ2) is 5.75. The number of aliphatic hydroxyl groups is 3. The molecule has 1 aliphatic rings. The fraction of sp³-hybridized carbons (Fsp3) is 0.538. The molecule has 6 nitrogen and oxygen atoms in total. The molecule has 0 fully saturated rings. The molecule has 1 heterocycles. The fourth-order valence-electron chi connectivity index (χ4n) is 2.23. The Morgan fingerprint density at radius 1 is 1.26 bits per heavy atom. The molecule has 1 aromatic rings. The summed E-state index contributed by atoms with van der Waals surface area (Å²) in [6, 6.07) is 5.52. The summed E-state index contributed by atoms with van der Waals surface area (Å²) in [4.78, 5) is 0.792. The van der Waals surface area contributed by atoms with Crippen molar-refractivity contribution < 1.29 is 29.7 Å². The van der Waals surface area contributed by atoms with Crippen LogP contribution in [0.15, 0.2) is 18.2 Å². The number of hydrogen-bond acceptors (Lipinski definition) is 5. The van der Waals surface area contributed by atoms with Gasteiger partial charge >= 0.3 is 0 Å². The summed E-state index contributed by atoms with van der Waals surface area (Å²) in [6.45, 7) is -0.0802. The number of rotatable bonds is 5. The minimum absolute atomic E-state index is 0.293. The lowest BCUT2D eigenvalue weighted by atomic mass is 9.99. The van der Waals surface area contributed by atoms with Crippen LogP contribution in [0.2, 0.25) is 0 Å². The largest absolute Gasteiger partial charge is 0.497 e. The van der Waals surface area contributed by atoms with Crippen LogP contribution < -0.4 is 14.4 Å². The maximum atomic E-state index is 9.46. The van der Waals surface area contributed by atoms with Crippen molar-refractivity contribution in [1.82, 2.24) is 0 Å². The minimum atomic E-state index is -0.999. The summed E-state index contributed by atoms with van der Waals surface area (Å²) < 4.78 is 10.8. The first-order valence-corrected chi connectivity index (χ1v) is 6.16. The van der Waals surface area contributed by atoms with Gasteiger partial charge in [0.25, 0.3) is 0 Å². The highest BCUT2D eigenvalue weighted by Gasteiger charge is 2.42. The molecule has 0 saturated carbocycles. The molecule has 2 rings (SSSR count). The maximum Gasteiger partial charge on any atom is 0.223 e. The average Bonchev–Trinajstić information content (AvgIpc) is 2.49. The molecule has 4 N–H and O–H groups in total. The monoisotopic (exact) mass is 270 g/mol. The standard InChI is InChI=1S/C13H19NO5/c1-18-11-2-3-12-10(4-11)5-14(9-19-12)13(6-15,7-16)8-17/h2-4,15-17H,5-9H2,1H3/p+1. The van der Waals surface area contributed by atoms with Gasteiger partial charge in [-0.2, -0.15) is 0 Å². The molecule has 1 aromatic carbocycles. The van der Waals surface area contributed by atoms with Gasteiger partial charge in [0.15, 0.2) is 5.54 Å².